The van der Waals surface area contributed by atoms with Crippen LogP contribution in [0.1, 0.15) is 34.5 Å². The zero-order valence-electron chi connectivity index (χ0n) is 12.5. The Hall–Kier alpha value is -2.10. The standard InChI is InChI=1S/C16H21N3O/c1-10-5-6-14(9-11(10)2)17-16(20)8-7-15-12(3)18-19-13(15)4/h5-6,9H,7-8H2,1-4H3,(H,17,20)(H,18,19). The molecule has 4 nitrogen and oxygen atoms in total. The average molecular weight is 271 g/mol. The molecule has 0 atom stereocenters. The third-order valence-electron chi connectivity index (χ3n) is 3.67. The lowest BCUT2D eigenvalue weighted by atomic mass is 10.1. The van der Waals surface area contributed by atoms with E-state index in [1.54, 1.807) is 0 Å². The molecular formula is C16H21N3O. The van der Waals surface area contributed by atoms with Crippen LogP contribution >= 0.6 is 0 Å². The summed E-state index contributed by atoms with van der Waals surface area (Å²) in [5.74, 6) is 0.0354. The molecule has 0 fully saturated rings. The molecule has 0 aliphatic carbocycles. The highest BCUT2D eigenvalue weighted by Gasteiger charge is 2.09. The highest BCUT2D eigenvalue weighted by atomic mass is 16.1. The average Bonchev–Trinajstić information content (AvgIpc) is 2.71. The van der Waals surface area contributed by atoms with Gasteiger partial charge in [-0.3, -0.25) is 9.89 Å². The molecule has 0 aliphatic rings. The van der Waals surface area contributed by atoms with E-state index in [2.05, 4.69) is 22.4 Å². The van der Waals surface area contributed by atoms with Crippen molar-refractivity contribution >= 4 is 11.6 Å². The van der Waals surface area contributed by atoms with Gasteiger partial charge in [0.05, 0.1) is 5.69 Å². The first-order chi connectivity index (χ1) is 9.47. The normalized spacial score (nSPS) is 10.6. The van der Waals surface area contributed by atoms with Crippen LogP contribution in [0.4, 0.5) is 5.69 Å². The Bertz CT molecular complexity index is 609. The van der Waals surface area contributed by atoms with Gasteiger partial charge in [0.15, 0.2) is 0 Å². The summed E-state index contributed by atoms with van der Waals surface area (Å²) in [6, 6.07) is 5.96. The first-order valence-electron chi connectivity index (χ1n) is 6.85. The number of H-pyrrole nitrogens is 1. The lowest BCUT2D eigenvalue weighted by Gasteiger charge is -2.08. The predicted octanol–water partition coefficient (Wildman–Crippen LogP) is 3.21. The molecule has 0 saturated heterocycles. The molecule has 0 radical (unpaired) electrons. The van der Waals surface area contributed by atoms with E-state index in [1.807, 2.05) is 39.0 Å². The van der Waals surface area contributed by atoms with Crippen molar-refractivity contribution in [1.29, 1.82) is 0 Å². The van der Waals surface area contributed by atoms with Crippen LogP contribution in [0.15, 0.2) is 18.2 Å². The van der Waals surface area contributed by atoms with E-state index >= 15 is 0 Å². The van der Waals surface area contributed by atoms with Crippen molar-refractivity contribution in [3.63, 3.8) is 0 Å². The molecule has 1 heterocycles. The van der Waals surface area contributed by atoms with E-state index in [4.69, 9.17) is 0 Å². The van der Waals surface area contributed by atoms with Crippen molar-refractivity contribution in [2.24, 2.45) is 0 Å². The molecule has 1 amide bonds. The van der Waals surface area contributed by atoms with Gasteiger partial charge in [-0.05, 0) is 62.9 Å². The summed E-state index contributed by atoms with van der Waals surface area (Å²) in [5, 5.41) is 10.0. The largest absolute Gasteiger partial charge is 0.326 e. The van der Waals surface area contributed by atoms with Gasteiger partial charge < -0.3 is 5.32 Å². The number of benzene rings is 1. The number of nitrogens with zero attached hydrogens (tertiary/aromatic N) is 1. The third-order valence-corrected chi connectivity index (χ3v) is 3.67. The number of aromatic amines is 1. The second-order valence-electron chi connectivity index (χ2n) is 5.26. The van der Waals surface area contributed by atoms with Crippen molar-refractivity contribution in [2.75, 3.05) is 5.32 Å². The van der Waals surface area contributed by atoms with E-state index in [0.29, 0.717) is 12.8 Å². The summed E-state index contributed by atoms with van der Waals surface area (Å²) in [6.45, 7) is 8.05. The Morgan fingerprint density at radius 2 is 1.95 bits per heavy atom. The molecular weight excluding hydrogens is 250 g/mol. The number of nitrogens with one attached hydrogen (secondary N) is 2. The lowest BCUT2D eigenvalue weighted by molar-refractivity contribution is -0.116. The zero-order chi connectivity index (χ0) is 14.7. The van der Waals surface area contributed by atoms with Gasteiger partial charge in [-0.2, -0.15) is 5.10 Å². The maximum Gasteiger partial charge on any atom is 0.224 e. The van der Waals surface area contributed by atoms with Crippen LogP contribution in [0.3, 0.4) is 0 Å². The maximum atomic E-state index is 12.0. The van der Waals surface area contributed by atoms with Gasteiger partial charge in [0.25, 0.3) is 0 Å². The molecule has 0 aliphatic heterocycles. The van der Waals surface area contributed by atoms with Crippen molar-refractivity contribution in [3.8, 4) is 0 Å². The Balaban J connectivity index is 1.94. The van der Waals surface area contributed by atoms with E-state index in [9.17, 15) is 4.79 Å². The number of carbonyl (C=O) groups is 1. The van der Waals surface area contributed by atoms with E-state index < -0.39 is 0 Å². The first-order valence-corrected chi connectivity index (χ1v) is 6.85. The lowest BCUT2D eigenvalue weighted by Crippen LogP contribution is -2.12. The molecule has 0 saturated carbocycles. The van der Waals surface area contributed by atoms with Crippen molar-refractivity contribution in [2.45, 2.75) is 40.5 Å². The van der Waals surface area contributed by atoms with E-state index in [0.717, 1.165) is 22.6 Å². The number of rotatable bonds is 4. The summed E-state index contributed by atoms with van der Waals surface area (Å²) in [5.41, 5.74) is 6.43. The predicted molar refractivity (Wildman–Crippen MR) is 80.9 cm³/mol. The summed E-state index contributed by atoms with van der Waals surface area (Å²) in [6.07, 6.45) is 1.18. The fraction of sp³-hybridized carbons (Fsp3) is 0.375. The number of aromatic nitrogens is 2. The number of anilines is 1. The molecule has 106 valence electrons. The number of carbonyl (C=O) groups excluding carboxylic acids is 1. The fourth-order valence-electron chi connectivity index (χ4n) is 2.22. The zero-order valence-corrected chi connectivity index (χ0v) is 12.5. The number of amides is 1. The van der Waals surface area contributed by atoms with Gasteiger partial charge >= 0.3 is 0 Å². The van der Waals surface area contributed by atoms with Crippen LogP contribution in [-0.4, -0.2) is 16.1 Å². The Kier molecular flexibility index (Phi) is 4.23. The van der Waals surface area contributed by atoms with Gasteiger partial charge in [0.2, 0.25) is 5.91 Å². The minimum atomic E-state index is 0.0354. The smallest absolute Gasteiger partial charge is 0.224 e. The highest BCUT2D eigenvalue weighted by Crippen LogP contribution is 2.16. The van der Waals surface area contributed by atoms with Gasteiger partial charge in [-0.25, -0.2) is 0 Å². The van der Waals surface area contributed by atoms with E-state index in [-0.39, 0.29) is 5.91 Å². The van der Waals surface area contributed by atoms with Crippen LogP contribution < -0.4 is 5.32 Å². The summed E-state index contributed by atoms with van der Waals surface area (Å²) < 4.78 is 0. The SMILES string of the molecule is Cc1ccc(NC(=O)CCc2c(C)n[nH]c2C)cc1C. The van der Waals surface area contributed by atoms with Crippen LogP contribution in [0, 0.1) is 27.7 Å². The van der Waals surface area contributed by atoms with Crippen LogP contribution in [-0.2, 0) is 11.2 Å². The summed E-state index contributed by atoms with van der Waals surface area (Å²) >= 11 is 0. The molecule has 20 heavy (non-hydrogen) atoms. The van der Waals surface area contributed by atoms with Crippen molar-refractivity contribution in [3.05, 3.63) is 46.3 Å². The molecule has 0 unspecified atom stereocenters. The fourth-order valence-corrected chi connectivity index (χ4v) is 2.22. The van der Waals surface area contributed by atoms with Crippen molar-refractivity contribution < 1.29 is 4.79 Å². The Morgan fingerprint density at radius 1 is 1.20 bits per heavy atom. The van der Waals surface area contributed by atoms with Crippen LogP contribution in [0.25, 0.3) is 0 Å². The minimum Gasteiger partial charge on any atom is -0.326 e. The molecule has 0 spiro atoms. The van der Waals surface area contributed by atoms with Crippen LogP contribution in [0.2, 0.25) is 0 Å². The number of hydrogen-bond acceptors (Lipinski definition) is 2. The van der Waals surface area contributed by atoms with Gasteiger partial charge in [-0.1, -0.05) is 6.07 Å². The molecule has 2 aromatic rings. The molecule has 2 N–H and O–H groups in total. The quantitative estimate of drug-likeness (QED) is 0.897. The van der Waals surface area contributed by atoms with Crippen molar-refractivity contribution in [1.82, 2.24) is 10.2 Å². The second-order valence-corrected chi connectivity index (χ2v) is 5.26. The van der Waals surface area contributed by atoms with Gasteiger partial charge in [-0.15, -0.1) is 0 Å². The topological polar surface area (TPSA) is 57.8 Å². The molecule has 1 aromatic carbocycles. The summed E-state index contributed by atoms with van der Waals surface area (Å²) in [7, 11) is 0. The van der Waals surface area contributed by atoms with Gasteiger partial charge in [0, 0.05) is 17.8 Å². The summed E-state index contributed by atoms with van der Waals surface area (Å²) in [4.78, 5) is 12.0. The van der Waals surface area contributed by atoms with Crippen LogP contribution in [0.5, 0.6) is 0 Å². The molecule has 4 heteroatoms. The molecule has 2 rings (SSSR count). The number of hydrogen-bond donors (Lipinski definition) is 2. The first kappa shape index (κ1) is 14.3. The number of aryl methyl sites for hydroxylation is 4. The van der Waals surface area contributed by atoms with E-state index in [1.165, 1.54) is 11.1 Å². The second kappa shape index (κ2) is 5.90. The Labute approximate surface area is 119 Å². The minimum absolute atomic E-state index is 0.0354. The monoisotopic (exact) mass is 271 g/mol. The molecule has 1 aromatic heterocycles. The van der Waals surface area contributed by atoms with Gasteiger partial charge in [0.1, 0.15) is 0 Å². The Morgan fingerprint density at radius 3 is 2.55 bits per heavy atom. The maximum absolute atomic E-state index is 12.0. The highest BCUT2D eigenvalue weighted by molar-refractivity contribution is 5.91. The molecule has 0 bridgehead atoms. The third kappa shape index (κ3) is 3.26.